The van der Waals surface area contributed by atoms with Crippen molar-refractivity contribution >= 4 is 6.09 Å². The van der Waals surface area contributed by atoms with Gasteiger partial charge in [-0.2, -0.15) is 4.98 Å². The molecule has 0 unspecified atom stereocenters. The Labute approximate surface area is 99.9 Å². The Morgan fingerprint density at radius 1 is 1.53 bits per heavy atom. The van der Waals surface area contributed by atoms with Gasteiger partial charge in [-0.25, -0.2) is 4.79 Å². The number of rotatable bonds is 1. The number of hydrogen-bond donors (Lipinski definition) is 0. The molecule has 6 heteroatoms. The van der Waals surface area contributed by atoms with E-state index < -0.39 is 5.60 Å². The lowest BCUT2D eigenvalue weighted by atomic mass is 10.0. The molecule has 1 atom stereocenters. The van der Waals surface area contributed by atoms with Crippen molar-refractivity contribution < 1.29 is 14.1 Å². The first-order valence-electron chi connectivity index (χ1n) is 5.66. The van der Waals surface area contributed by atoms with Gasteiger partial charge < -0.3 is 9.26 Å². The van der Waals surface area contributed by atoms with Gasteiger partial charge in [-0.3, -0.25) is 4.90 Å². The summed E-state index contributed by atoms with van der Waals surface area (Å²) in [4.78, 5) is 17.6. The molecule has 0 N–H and O–H groups in total. The second-order valence-corrected chi connectivity index (χ2v) is 5.15. The molecule has 1 aromatic rings. The fourth-order valence-corrected chi connectivity index (χ4v) is 1.65. The Morgan fingerprint density at radius 2 is 2.24 bits per heavy atom. The van der Waals surface area contributed by atoms with E-state index in [-0.39, 0.29) is 12.1 Å². The highest BCUT2D eigenvalue weighted by Gasteiger charge is 2.38. The molecule has 1 saturated heterocycles. The quantitative estimate of drug-likeness (QED) is 0.750. The van der Waals surface area contributed by atoms with Crippen LogP contribution in [0.25, 0.3) is 0 Å². The van der Waals surface area contributed by atoms with Crippen molar-refractivity contribution in [1.82, 2.24) is 15.0 Å². The van der Waals surface area contributed by atoms with Crippen LogP contribution < -0.4 is 0 Å². The van der Waals surface area contributed by atoms with Gasteiger partial charge in [0, 0.05) is 13.5 Å². The van der Waals surface area contributed by atoms with Crippen LogP contribution >= 0.6 is 0 Å². The van der Waals surface area contributed by atoms with E-state index in [1.807, 2.05) is 20.8 Å². The van der Waals surface area contributed by atoms with E-state index in [1.165, 1.54) is 0 Å². The molecule has 0 aliphatic carbocycles. The van der Waals surface area contributed by atoms with E-state index in [9.17, 15) is 4.79 Å². The average Bonchev–Trinajstić information content (AvgIpc) is 2.45. The number of carbonyl (C=O) groups is 1. The molecule has 0 bridgehead atoms. The standard InChI is InChI=1S/C11H17N3O3/c1-7-12-9(13-17-7)8-5-6-14(8)10(15)16-11(2,3)4/h8H,5-6H2,1-4H3/t8-/m0/s1. The molecule has 0 saturated carbocycles. The van der Waals surface area contributed by atoms with Crippen molar-refractivity contribution in [2.45, 2.75) is 45.8 Å². The van der Waals surface area contributed by atoms with Gasteiger partial charge in [0.05, 0.1) is 0 Å². The monoisotopic (exact) mass is 239 g/mol. The number of nitrogens with zero attached hydrogens (tertiary/aromatic N) is 3. The summed E-state index contributed by atoms with van der Waals surface area (Å²) in [5.74, 6) is 1.07. The summed E-state index contributed by atoms with van der Waals surface area (Å²) in [7, 11) is 0. The second-order valence-electron chi connectivity index (χ2n) is 5.15. The van der Waals surface area contributed by atoms with Crippen molar-refractivity contribution in [3.63, 3.8) is 0 Å². The smallest absolute Gasteiger partial charge is 0.410 e. The molecule has 1 amide bonds. The molecule has 1 aliphatic rings. The van der Waals surface area contributed by atoms with Crippen molar-refractivity contribution in [2.75, 3.05) is 6.54 Å². The fraction of sp³-hybridized carbons (Fsp3) is 0.727. The van der Waals surface area contributed by atoms with Crippen molar-refractivity contribution in [2.24, 2.45) is 0 Å². The zero-order valence-electron chi connectivity index (χ0n) is 10.6. The first-order valence-corrected chi connectivity index (χ1v) is 5.66. The summed E-state index contributed by atoms with van der Waals surface area (Å²) in [5.41, 5.74) is -0.482. The first kappa shape index (κ1) is 11.9. The van der Waals surface area contributed by atoms with Gasteiger partial charge in [0.2, 0.25) is 5.89 Å². The predicted octanol–water partition coefficient (Wildman–Crippen LogP) is 2.06. The normalized spacial score (nSPS) is 20.0. The minimum absolute atomic E-state index is 0.109. The highest BCUT2D eigenvalue weighted by Crippen LogP contribution is 2.32. The van der Waals surface area contributed by atoms with Crippen molar-refractivity contribution in [3.05, 3.63) is 11.7 Å². The molecule has 0 spiro atoms. The van der Waals surface area contributed by atoms with Crippen LogP contribution in [0.4, 0.5) is 4.79 Å². The van der Waals surface area contributed by atoms with Crippen LogP contribution in [0.1, 0.15) is 44.9 Å². The molecular formula is C11H17N3O3. The minimum Gasteiger partial charge on any atom is -0.444 e. The lowest BCUT2D eigenvalue weighted by Crippen LogP contribution is -2.47. The number of likely N-dealkylation sites (tertiary alicyclic amines) is 1. The Kier molecular flexibility index (Phi) is 2.81. The molecular weight excluding hydrogens is 222 g/mol. The summed E-state index contributed by atoms with van der Waals surface area (Å²) in [5, 5.41) is 3.83. The Morgan fingerprint density at radius 3 is 2.65 bits per heavy atom. The Bertz CT molecular complexity index is 422. The van der Waals surface area contributed by atoms with Gasteiger partial charge in [-0.05, 0) is 27.2 Å². The SMILES string of the molecule is Cc1nc([C@@H]2CCN2C(=O)OC(C)(C)C)no1. The van der Waals surface area contributed by atoms with Crippen LogP contribution in [0, 0.1) is 6.92 Å². The summed E-state index contributed by atoms with van der Waals surface area (Å²) in [6, 6.07) is -0.109. The molecule has 6 nitrogen and oxygen atoms in total. The van der Waals surface area contributed by atoms with Gasteiger partial charge in [0.25, 0.3) is 0 Å². The molecule has 1 fully saturated rings. The van der Waals surface area contributed by atoms with E-state index >= 15 is 0 Å². The second kappa shape index (κ2) is 4.01. The third-order valence-electron chi connectivity index (χ3n) is 2.49. The van der Waals surface area contributed by atoms with E-state index in [1.54, 1.807) is 11.8 Å². The zero-order valence-corrected chi connectivity index (χ0v) is 10.6. The van der Waals surface area contributed by atoms with Crippen LogP contribution in [0.2, 0.25) is 0 Å². The lowest BCUT2D eigenvalue weighted by Gasteiger charge is -2.39. The summed E-state index contributed by atoms with van der Waals surface area (Å²) in [6.45, 7) is 7.94. The van der Waals surface area contributed by atoms with Crippen molar-refractivity contribution in [1.29, 1.82) is 0 Å². The topological polar surface area (TPSA) is 68.5 Å². The van der Waals surface area contributed by atoms with Gasteiger partial charge in [0.15, 0.2) is 5.82 Å². The van der Waals surface area contributed by atoms with Gasteiger partial charge in [-0.1, -0.05) is 5.16 Å². The molecule has 2 heterocycles. The molecule has 94 valence electrons. The van der Waals surface area contributed by atoms with E-state index in [2.05, 4.69) is 10.1 Å². The van der Waals surface area contributed by atoms with Crippen LogP contribution in [0.15, 0.2) is 4.52 Å². The van der Waals surface area contributed by atoms with Crippen LogP contribution in [0.3, 0.4) is 0 Å². The maximum absolute atomic E-state index is 11.8. The third-order valence-corrected chi connectivity index (χ3v) is 2.49. The Hall–Kier alpha value is -1.59. The maximum Gasteiger partial charge on any atom is 0.410 e. The van der Waals surface area contributed by atoms with E-state index in [0.717, 1.165) is 6.42 Å². The maximum atomic E-state index is 11.8. The highest BCUT2D eigenvalue weighted by molar-refractivity contribution is 5.69. The largest absolute Gasteiger partial charge is 0.444 e. The van der Waals surface area contributed by atoms with Crippen LogP contribution in [-0.4, -0.2) is 33.3 Å². The molecule has 0 radical (unpaired) electrons. The highest BCUT2D eigenvalue weighted by atomic mass is 16.6. The van der Waals surface area contributed by atoms with E-state index in [0.29, 0.717) is 18.3 Å². The molecule has 0 aromatic carbocycles. The molecule has 2 rings (SSSR count). The van der Waals surface area contributed by atoms with E-state index in [4.69, 9.17) is 9.26 Å². The summed E-state index contributed by atoms with van der Waals surface area (Å²) >= 11 is 0. The number of carbonyl (C=O) groups excluding carboxylic acids is 1. The number of aryl methyl sites for hydroxylation is 1. The number of amides is 1. The van der Waals surface area contributed by atoms with Crippen molar-refractivity contribution in [3.8, 4) is 0 Å². The minimum atomic E-state index is -0.482. The number of ether oxygens (including phenoxy) is 1. The molecule has 17 heavy (non-hydrogen) atoms. The summed E-state index contributed by atoms with van der Waals surface area (Å²) < 4.78 is 10.2. The van der Waals surface area contributed by atoms with Gasteiger partial charge >= 0.3 is 6.09 Å². The van der Waals surface area contributed by atoms with Crippen LogP contribution in [0.5, 0.6) is 0 Å². The zero-order chi connectivity index (χ0) is 12.6. The third kappa shape index (κ3) is 2.57. The number of aromatic nitrogens is 2. The summed E-state index contributed by atoms with van der Waals surface area (Å²) in [6.07, 6.45) is 0.522. The van der Waals surface area contributed by atoms with Crippen LogP contribution in [-0.2, 0) is 4.74 Å². The van der Waals surface area contributed by atoms with Gasteiger partial charge in [-0.15, -0.1) is 0 Å². The molecule has 1 aliphatic heterocycles. The molecule has 1 aromatic heterocycles. The lowest BCUT2D eigenvalue weighted by molar-refractivity contribution is -0.00772. The fourth-order valence-electron chi connectivity index (χ4n) is 1.65. The first-order chi connectivity index (χ1) is 7.87. The number of hydrogen-bond acceptors (Lipinski definition) is 5. The van der Waals surface area contributed by atoms with Gasteiger partial charge in [0.1, 0.15) is 11.6 Å². The average molecular weight is 239 g/mol. The Balaban J connectivity index is 2.02. The predicted molar refractivity (Wildman–Crippen MR) is 59.3 cm³/mol.